The second kappa shape index (κ2) is 5.18. The van der Waals surface area contributed by atoms with Crippen molar-refractivity contribution >= 4 is 10.0 Å². The zero-order valence-corrected chi connectivity index (χ0v) is 11.9. The van der Waals surface area contributed by atoms with Gasteiger partial charge in [0.1, 0.15) is 4.90 Å². The van der Waals surface area contributed by atoms with Gasteiger partial charge >= 0.3 is 0 Å². The molecule has 1 aromatic heterocycles. The molecule has 0 bridgehead atoms. The number of aryl methyl sites for hydroxylation is 1. The molecule has 98 valence electrons. The van der Waals surface area contributed by atoms with Crippen LogP contribution in [-0.2, 0) is 17.1 Å². The first-order chi connectivity index (χ1) is 7.75. The third kappa shape index (κ3) is 3.29. The van der Waals surface area contributed by atoms with Gasteiger partial charge in [-0.15, -0.1) is 0 Å². The Labute approximate surface area is 103 Å². The molecule has 0 saturated heterocycles. The second-order valence-electron chi connectivity index (χ2n) is 4.85. The molecule has 0 aliphatic heterocycles. The summed E-state index contributed by atoms with van der Waals surface area (Å²) in [5.74, 6) is 0.469. The first-order valence-electron chi connectivity index (χ1n) is 5.71. The number of sulfonamides is 1. The number of nitrogens with zero attached hydrogens (tertiary/aromatic N) is 3. The normalized spacial score (nSPS) is 14.5. The SMILES string of the molecule is CC(C)CC(C)N(C)S(=O)(=O)c1cnn(C)c1. The highest BCUT2D eigenvalue weighted by Crippen LogP contribution is 2.18. The molecule has 0 aliphatic rings. The maximum atomic E-state index is 12.2. The van der Waals surface area contributed by atoms with Crippen LogP contribution in [0.25, 0.3) is 0 Å². The number of rotatable bonds is 5. The van der Waals surface area contributed by atoms with Gasteiger partial charge in [-0.05, 0) is 19.3 Å². The minimum absolute atomic E-state index is 0.0137. The van der Waals surface area contributed by atoms with E-state index in [4.69, 9.17) is 0 Å². The van der Waals surface area contributed by atoms with Gasteiger partial charge in [-0.2, -0.15) is 9.40 Å². The lowest BCUT2D eigenvalue weighted by atomic mass is 10.1. The van der Waals surface area contributed by atoms with Gasteiger partial charge in [0.25, 0.3) is 0 Å². The molecule has 0 aliphatic carbocycles. The van der Waals surface area contributed by atoms with Crippen LogP contribution in [0.2, 0.25) is 0 Å². The highest BCUT2D eigenvalue weighted by atomic mass is 32.2. The number of hydrogen-bond acceptors (Lipinski definition) is 3. The Balaban J connectivity index is 2.91. The molecule has 0 N–H and O–H groups in total. The average molecular weight is 259 g/mol. The van der Waals surface area contributed by atoms with Crippen molar-refractivity contribution in [1.82, 2.24) is 14.1 Å². The summed E-state index contributed by atoms with van der Waals surface area (Å²) < 4.78 is 27.4. The first-order valence-corrected chi connectivity index (χ1v) is 7.16. The minimum atomic E-state index is -3.41. The summed E-state index contributed by atoms with van der Waals surface area (Å²) in [6, 6.07) is -0.0137. The molecule has 1 aromatic rings. The fourth-order valence-corrected chi connectivity index (χ4v) is 3.12. The molecule has 1 atom stereocenters. The Morgan fingerprint density at radius 1 is 1.41 bits per heavy atom. The largest absolute Gasteiger partial charge is 0.274 e. The Bertz CT molecular complexity index is 465. The van der Waals surface area contributed by atoms with E-state index >= 15 is 0 Å². The molecule has 5 nitrogen and oxygen atoms in total. The average Bonchev–Trinajstić information content (AvgIpc) is 2.63. The summed E-state index contributed by atoms with van der Waals surface area (Å²) in [6.07, 6.45) is 3.75. The third-order valence-electron chi connectivity index (χ3n) is 2.79. The summed E-state index contributed by atoms with van der Waals surface area (Å²) >= 11 is 0. The molecule has 0 fully saturated rings. The summed E-state index contributed by atoms with van der Waals surface area (Å²) in [5, 5.41) is 3.90. The van der Waals surface area contributed by atoms with E-state index in [0.717, 1.165) is 6.42 Å². The number of hydrogen-bond donors (Lipinski definition) is 0. The van der Waals surface area contributed by atoms with Gasteiger partial charge in [0, 0.05) is 26.3 Å². The summed E-state index contributed by atoms with van der Waals surface area (Å²) in [7, 11) is -0.0877. The Hall–Kier alpha value is -0.880. The predicted molar refractivity (Wildman–Crippen MR) is 67.1 cm³/mol. The molecule has 0 aromatic carbocycles. The van der Waals surface area contributed by atoms with Crippen LogP contribution in [0, 0.1) is 5.92 Å². The van der Waals surface area contributed by atoms with E-state index in [1.165, 1.54) is 21.4 Å². The number of aromatic nitrogens is 2. The Morgan fingerprint density at radius 3 is 2.41 bits per heavy atom. The van der Waals surface area contributed by atoms with Crippen LogP contribution in [0.15, 0.2) is 17.3 Å². The van der Waals surface area contributed by atoms with Crippen LogP contribution in [0.1, 0.15) is 27.2 Å². The summed E-state index contributed by atoms with van der Waals surface area (Å²) in [6.45, 7) is 6.09. The van der Waals surface area contributed by atoms with Crippen molar-refractivity contribution in [2.24, 2.45) is 13.0 Å². The molecule has 1 rings (SSSR count). The molecule has 0 spiro atoms. The standard InChI is InChI=1S/C11H21N3O2S/c1-9(2)6-10(3)14(5)17(15,16)11-7-12-13(4)8-11/h7-10H,6H2,1-5H3. The Morgan fingerprint density at radius 2 is 2.00 bits per heavy atom. The van der Waals surface area contributed by atoms with Crippen molar-refractivity contribution < 1.29 is 8.42 Å². The fourth-order valence-electron chi connectivity index (χ4n) is 1.77. The van der Waals surface area contributed by atoms with Gasteiger partial charge in [0.05, 0.1) is 6.20 Å². The van der Waals surface area contributed by atoms with Gasteiger partial charge < -0.3 is 0 Å². The van der Waals surface area contributed by atoms with Crippen LogP contribution in [-0.4, -0.2) is 35.6 Å². The molecule has 1 heterocycles. The fraction of sp³-hybridized carbons (Fsp3) is 0.727. The first kappa shape index (κ1) is 14.2. The van der Waals surface area contributed by atoms with Crippen molar-refractivity contribution in [2.75, 3.05) is 7.05 Å². The van der Waals surface area contributed by atoms with Crippen molar-refractivity contribution in [2.45, 2.75) is 38.1 Å². The maximum absolute atomic E-state index is 12.2. The topological polar surface area (TPSA) is 55.2 Å². The van der Waals surface area contributed by atoms with Crippen LogP contribution in [0.4, 0.5) is 0 Å². The molecule has 0 saturated carbocycles. The zero-order valence-electron chi connectivity index (χ0n) is 11.1. The lowest BCUT2D eigenvalue weighted by Gasteiger charge is -2.24. The zero-order chi connectivity index (χ0) is 13.2. The minimum Gasteiger partial charge on any atom is -0.274 e. The molecule has 0 radical (unpaired) electrons. The molecule has 17 heavy (non-hydrogen) atoms. The maximum Gasteiger partial charge on any atom is 0.246 e. The smallest absolute Gasteiger partial charge is 0.246 e. The molecular weight excluding hydrogens is 238 g/mol. The van der Waals surface area contributed by atoms with E-state index in [0.29, 0.717) is 5.92 Å². The molecule has 0 amide bonds. The van der Waals surface area contributed by atoms with Gasteiger partial charge in [-0.1, -0.05) is 13.8 Å². The van der Waals surface area contributed by atoms with E-state index in [2.05, 4.69) is 18.9 Å². The van der Waals surface area contributed by atoms with Crippen molar-refractivity contribution in [1.29, 1.82) is 0 Å². The van der Waals surface area contributed by atoms with Crippen LogP contribution < -0.4 is 0 Å². The lowest BCUT2D eigenvalue weighted by molar-refractivity contribution is 0.338. The van der Waals surface area contributed by atoms with E-state index in [1.807, 2.05) is 6.92 Å². The quantitative estimate of drug-likeness (QED) is 0.804. The molecule has 1 unspecified atom stereocenters. The van der Waals surface area contributed by atoms with Crippen molar-refractivity contribution in [3.05, 3.63) is 12.4 Å². The lowest BCUT2D eigenvalue weighted by Crippen LogP contribution is -2.35. The van der Waals surface area contributed by atoms with E-state index in [9.17, 15) is 8.42 Å². The molecule has 6 heteroatoms. The van der Waals surface area contributed by atoms with E-state index in [-0.39, 0.29) is 10.9 Å². The van der Waals surface area contributed by atoms with Crippen molar-refractivity contribution in [3.8, 4) is 0 Å². The van der Waals surface area contributed by atoms with Gasteiger partial charge in [-0.25, -0.2) is 8.42 Å². The summed E-state index contributed by atoms with van der Waals surface area (Å²) in [5.41, 5.74) is 0. The monoisotopic (exact) mass is 259 g/mol. The molecular formula is C11H21N3O2S. The van der Waals surface area contributed by atoms with E-state index < -0.39 is 10.0 Å². The van der Waals surface area contributed by atoms with Crippen molar-refractivity contribution in [3.63, 3.8) is 0 Å². The van der Waals surface area contributed by atoms with E-state index in [1.54, 1.807) is 14.1 Å². The van der Waals surface area contributed by atoms with Gasteiger partial charge in [0.15, 0.2) is 0 Å². The predicted octanol–water partition coefficient (Wildman–Crippen LogP) is 1.48. The highest BCUT2D eigenvalue weighted by molar-refractivity contribution is 7.89. The highest BCUT2D eigenvalue weighted by Gasteiger charge is 2.26. The second-order valence-corrected chi connectivity index (χ2v) is 6.85. The van der Waals surface area contributed by atoms with Crippen LogP contribution >= 0.6 is 0 Å². The van der Waals surface area contributed by atoms with Crippen LogP contribution in [0.5, 0.6) is 0 Å². The Kier molecular flexibility index (Phi) is 4.32. The van der Waals surface area contributed by atoms with Crippen LogP contribution in [0.3, 0.4) is 0 Å². The van der Waals surface area contributed by atoms with Gasteiger partial charge in [0.2, 0.25) is 10.0 Å². The van der Waals surface area contributed by atoms with Gasteiger partial charge in [-0.3, -0.25) is 4.68 Å². The third-order valence-corrected chi connectivity index (χ3v) is 4.72. The summed E-state index contributed by atoms with van der Waals surface area (Å²) in [4.78, 5) is 0.248.